The van der Waals surface area contributed by atoms with E-state index in [4.69, 9.17) is 16.3 Å². The van der Waals surface area contributed by atoms with Crippen molar-refractivity contribution in [3.63, 3.8) is 0 Å². The SMILES string of the molecule is CCOc1ccc(C(Cl)c2cc(Br)cc(Br)c2)cc1Br. The Labute approximate surface area is 149 Å². The largest absolute Gasteiger partial charge is 0.493 e. The zero-order valence-electron chi connectivity index (χ0n) is 10.7. The van der Waals surface area contributed by atoms with Crippen LogP contribution in [0, 0.1) is 0 Å². The van der Waals surface area contributed by atoms with E-state index in [2.05, 4.69) is 47.8 Å². The normalized spacial score (nSPS) is 12.2. The van der Waals surface area contributed by atoms with Crippen LogP contribution in [0.15, 0.2) is 49.8 Å². The molecule has 5 heteroatoms. The number of benzene rings is 2. The van der Waals surface area contributed by atoms with Crippen LogP contribution in [0.3, 0.4) is 0 Å². The van der Waals surface area contributed by atoms with Crippen molar-refractivity contribution in [2.75, 3.05) is 6.61 Å². The minimum absolute atomic E-state index is 0.212. The Hall–Kier alpha value is -0.0300. The van der Waals surface area contributed by atoms with E-state index in [0.717, 1.165) is 30.3 Å². The lowest BCUT2D eigenvalue weighted by molar-refractivity contribution is 0.338. The highest BCUT2D eigenvalue weighted by atomic mass is 79.9. The van der Waals surface area contributed by atoms with Gasteiger partial charge in [-0.05, 0) is 64.3 Å². The van der Waals surface area contributed by atoms with Crippen molar-refractivity contribution in [1.82, 2.24) is 0 Å². The Kier molecular flexibility index (Phi) is 5.96. The van der Waals surface area contributed by atoms with Gasteiger partial charge in [-0.1, -0.05) is 37.9 Å². The molecule has 0 saturated heterocycles. The first-order chi connectivity index (χ1) is 9.51. The van der Waals surface area contributed by atoms with Crippen molar-refractivity contribution in [3.05, 3.63) is 60.9 Å². The summed E-state index contributed by atoms with van der Waals surface area (Å²) in [5.41, 5.74) is 2.05. The Morgan fingerprint density at radius 1 is 1.00 bits per heavy atom. The van der Waals surface area contributed by atoms with E-state index in [-0.39, 0.29) is 5.38 Å². The Morgan fingerprint density at radius 2 is 1.65 bits per heavy atom. The molecule has 1 nitrogen and oxygen atoms in total. The summed E-state index contributed by atoms with van der Waals surface area (Å²) in [6.07, 6.45) is 0. The summed E-state index contributed by atoms with van der Waals surface area (Å²) in [4.78, 5) is 0. The average molecular weight is 483 g/mol. The van der Waals surface area contributed by atoms with Crippen LogP contribution in [-0.2, 0) is 0 Å². The van der Waals surface area contributed by atoms with Gasteiger partial charge in [0, 0.05) is 8.95 Å². The molecule has 1 atom stereocenters. The molecule has 0 radical (unpaired) electrons. The molecule has 0 fully saturated rings. The van der Waals surface area contributed by atoms with Crippen LogP contribution in [0.25, 0.3) is 0 Å². The van der Waals surface area contributed by atoms with Crippen LogP contribution in [0.1, 0.15) is 23.4 Å². The fraction of sp³-hybridized carbons (Fsp3) is 0.200. The summed E-state index contributed by atoms with van der Waals surface area (Å²) >= 11 is 17.1. The van der Waals surface area contributed by atoms with Crippen molar-refractivity contribution in [3.8, 4) is 5.75 Å². The summed E-state index contributed by atoms with van der Waals surface area (Å²) in [6.45, 7) is 2.60. The van der Waals surface area contributed by atoms with Crippen LogP contribution >= 0.6 is 59.4 Å². The molecule has 20 heavy (non-hydrogen) atoms. The van der Waals surface area contributed by atoms with E-state index in [9.17, 15) is 0 Å². The third kappa shape index (κ3) is 4.00. The van der Waals surface area contributed by atoms with Gasteiger partial charge in [0.2, 0.25) is 0 Å². The van der Waals surface area contributed by atoms with Crippen molar-refractivity contribution >= 4 is 59.4 Å². The second kappa shape index (κ2) is 7.30. The Balaban J connectivity index is 2.33. The fourth-order valence-electron chi connectivity index (χ4n) is 1.86. The van der Waals surface area contributed by atoms with Crippen molar-refractivity contribution in [1.29, 1.82) is 0 Å². The van der Waals surface area contributed by atoms with Crippen LogP contribution in [-0.4, -0.2) is 6.61 Å². The highest BCUT2D eigenvalue weighted by Crippen LogP contribution is 2.36. The number of alkyl halides is 1. The van der Waals surface area contributed by atoms with E-state index in [0.29, 0.717) is 6.61 Å². The molecule has 0 heterocycles. The number of hydrogen-bond donors (Lipinski definition) is 0. The molecule has 0 aliphatic rings. The maximum absolute atomic E-state index is 6.57. The molecule has 2 aromatic carbocycles. The Morgan fingerprint density at radius 3 is 2.20 bits per heavy atom. The summed E-state index contributed by atoms with van der Waals surface area (Å²) < 4.78 is 8.42. The summed E-state index contributed by atoms with van der Waals surface area (Å²) in [5, 5.41) is -0.212. The molecule has 2 aromatic rings. The maximum atomic E-state index is 6.57. The molecule has 1 unspecified atom stereocenters. The molecule has 0 bridgehead atoms. The molecular formula is C15H12Br3ClO. The molecule has 0 spiro atoms. The minimum atomic E-state index is -0.212. The molecule has 0 aliphatic heterocycles. The maximum Gasteiger partial charge on any atom is 0.133 e. The van der Waals surface area contributed by atoms with Gasteiger partial charge in [-0.2, -0.15) is 0 Å². The van der Waals surface area contributed by atoms with E-state index >= 15 is 0 Å². The first-order valence-corrected chi connectivity index (χ1v) is 8.85. The number of ether oxygens (including phenoxy) is 1. The van der Waals surface area contributed by atoms with Gasteiger partial charge in [-0.15, -0.1) is 11.6 Å². The smallest absolute Gasteiger partial charge is 0.133 e. The molecular weight excluding hydrogens is 471 g/mol. The number of hydrogen-bond acceptors (Lipinski definition) is 1. The molecule has 106 valence electrons. The van der Waals surface area contributed by atoms with Gasteiger partial charge in [0.1, 0.15) is 5.75 Å². The van der Waals surface area contributed by atoms with Gasteiger partial charge < -0.3 is 4.74 Å². The predicted molar refractivity (Wildman–Crippen MR) is 94.8 cm³/mol. The van der Waals surface area contributed by atoms with Gasteiger partial charge in [0.25, 0.3) is 0 Å². The van der Waals surface area contributed by atoms with Crippen LogP contribution in [0.2, 0.25) is 0 Å². The lowest BCUT2D eigenvalue weighted by atomic mass is 10.0. The minimum Gasteiger partial charge on any atom is -0.493 e. The van der Waals surface area contributed by atoms with Crippen molar-refractivity contribution in [2.45, 2.75) is 12.3 Å². The highest BCUT2D eigenvalue weighted by Gasteiger charge is 2.14. The van der Waals surface area contributed by atoms with Gasteiger partial charge >= 0.3 is 0 Å². The number of halogens is 4. The molecule has 0 amide bonds. The lowest BCUT2D eigenvalue weighted by Gasteiger charge is -2.14. The van der Waals surface area contributed by atoms with Crippen LogP contribution in [0.4, 0.5) is 0 Å². The second-order valence-electron chi connectivity index (χ2n) is 4.19. The van der Waals surface area contributed by atoms with E-state index in [1.54, 1.807) is 0 Å². The third-order valence-electron chi connectivity index (χ3n) is 2.73. The summed E-state index contributed by atoms with van der Waals surface area (Å²) in [7, 11) is 0. The van der Waals surface area contributed by atoms with Crippen molar-refractivity contribution in [2.24, 2.45) is 0 Å². The first-order valence-electron chi connectivity index (χ1n) is 6.03. The van der Waals surface area contributed by atoms with Crippen molar-refractivity contribution < 1.29 is 4.74 Å². The Bertz CT molecular complexity index is 596. The van der Waals surface area contributed by atoms with Gasteiger partial charge in [0.05, 0.1) is 16.5 Å². The standard InChI is InChI=1S/C15H12Br3ClO/c1-2-20-14-4-3-9(7-13(14)18)15(19)10-5-11(16)8-12(17)6-10/h3-8,15H,2H2,1H3. The summed E-state index contributed by atoms with van der Waals surface area (Å²) in [6, 6.07) is 12.0. The molecule has 0 saturated carbocycles. The molecule has 0 N–H and O–H groups in total. The van der Waals surface area contributed by atoms with E-state index in [1.807, 2.05) is 43.3 Å². The molecule has 0 aromatic heterocycles. The van der Waals surface area contributed by atoms with Gasteiger partial charge in [-0.3, -0.25) is 0 Å². The lowest BCUT2D eigenvalue weighted by Crippen LogP contribution is -1.96. The second-order valence-corrected chi connectivity index (χ2v) is 7.31. The zero-order chi connectivity index (χ0) is 14.7. The zero-order valence-corrected chi connectivity index (χ0v) is 16.2. The average Bonchev–Trinajstić information content (AvgIpc) is 2.39. The fourth-order valence-corrected chi connectivity index (χ4v) is 3.96. The van der Waals surface area contributed by atoms with Crippen LogP contribution < -0.4 is 4.74 Å². The van der Waals surface area contributed by atoms with Crippen LogP contribution in [0.5, 0.6) is 5.75 Å². The topological polar surface area (TPSA) is 9.23 Å². The number of rotatable bonds is 4. The van der Waals surface area contributed by atoms with E-state index < -0.39 is 0 Å². The van der Waals surface area contributed by atoms with Gasteiger partial charge in [-0.25, -0.2) is 0 Å². The summed E-state index contributed by atoms with van der Waals surface area (Å²) in [5.74, 6) is 0.829. The van der Waals surface area contributed by atoms with E-state index in [1.165, 1.54) is 0 Å². The van der Waals surface area contributed by atoms with Gasteiger partial charge in [0.15, 0.2) is 0 Å². The molecule has 2 rings (SSSR count). The predicted octanol–water partition coefficient (Wildman–Crippen LogP) is 6.70. The molecule has 0 aliphatic carbocycles. The third-order valence-corrected chi connectivity index (χ3v) is 4.77. The highest BCUT2D eigenvalue weighted by molar-refractivity contribution is 9.11. The quantitative estimate of drug-likeness (QED) is 0.440. The first kappa shape index (κ1) is 16.3. The monoisotopic (exact) mass is 480 g/mol.